The number of ether oxygens (including phenoxy) is 1. The van der Waals surface area contributed by atoms with E-state index in [0.717, 1.165) is 12.3 Å². The summed E-state index contributed by atoms with van der Waals surface area (Å²) >= 11 is 0. The van der Waals surface area contributed by atoms with E-state index in [1.165, 1.54) is 31.4 Å². The van der Waals surface area contributed by atoms with Gasteiger partial charge in [0, 0.05) is 18.5 Å². The van der Waals surface area contributed by atoms with Crippen molar-refractivity contribution in [1.29, 1.82) is 0 Å². The summed E-state index contributed by atoms with van der Waals surface area (Å²) in [6, 6.07) is 5.81. The van der Waals surface area contributed by atoms with Crippen LogP contribution < -0.4 is 4.74 Å². The minimum absolute atomic E-state index is 0.105. The molecule has 0 bridgehead atoms. The molecule has 1 aromatic heterocycles. The van der Waals surface area contributed by atoms with Crippen LogP contribution in [0.4, 0.5) is 23.4 Å². The molecule has 0 N–H and O–H groups in total. The Bertz CT molecular complexity index is 926. The van der Waals surface area contributed by atoms with Crippen LogP contribution in [-0.4, -0.2) is 41.2 Å². The van der Waals surface area contributed by atoms with Crippen molar-refractivity contribution in [1.82, 2.24) is 9.88 Å². The zero-order valence-electron chi connectivity index (χ0n) is 15.8. The van der Waals surface area contributed by atoms with Gasteiger partial charge in [0.15, 0.2) is 17.4 Å². The summed E-state index contributed by atoms with van der Waals surface area (Å²) in [6.45, 7) is 2.21. The maximum atomic E-state index is 13.9. The Kier molecular flexibility index (Phi) is 5.86. The van der Waals surface area contributed by atoms with Crippen molar-refractivity contribution in [2.24, 2.45) is 4.99 Å². The number of aliphatic imine (C=N–C) groups is 1. The first-order valence-electron chi connectivity index (χ1n) is 8.96. The first-order valence-corrected chi connectivity index (χ1v) is 8.96. The van der Waals surface area contributed by atoms with Crippen molar-refractivity contribution < 1.29 is 27.1 Å². The molecule has 1 atom stereocenters. The summed E-state index contributed by atoms with van der Waals surface area (Å²) in [5.74, 6) is -1.02. The van der Waals surface area contributed by atoms with Crippen LogP contribution in [0.25, 0.3) is 0 Å². The van der Waals surface area contributed by atoms with Crippen molar-refractivity contribution in [2.75, 3.05) is 13.7 Å². The monoisotopic (exact) mass is 409 g/mol. The molecule has 9 heteroatoms. The fraction of sp³-hybridized carbons (Fsp3) is 0.350. The summed E-state index contributed by atoms with van der Waals surface area (Å²) < 4.78 is 57.0. The van der Waals surface area contributed by atoms with E-state index in [1.54, 1.807) is 11.8 Å². The number of aromatic nitrogens is 1. The highest BCUT2D eigenvalue weighted by atomic mass is 19.4. The molecular formula is C20H19F4N3O2. The number of carbonyl (C=O) groups excluding carboxylic acids is 1. The summed E-state index contributed by atoms with van der Waals surface area (Å²) in [5.41, 5.74) is -0.131. The van der Waals surface area contributed by atoms with E-state index in [2.05, 4.69) is 9.98 Å². The van der Waals surface area contributed by atoms with E-state index >= 15 is 0 Å². The number of alkyl halides is 3. The number of pyridine rings is 1. The molecule has 3 rings (SSSR count). The van der Waals surface area contributed by atoms with Gasteiger partial charge in [-0.3, -0.25) is 4.79 Å². The fourth-order valence-electron chi connectivity index (χ4n) is 3.25. The zero-order valence-corrected chi connectivity index (χ0v) is 15.8. The fourth-order valence-corrected chi connectivity index (χ4v) is 3.25. The van der Waals surface area contributed by atoms with E-state index in [9.17, 15) is 22.4 Å². The number of para-hydroxylation sites is 1. The van der Waals surface area contributed by atoms with Crippen LogP contribution in [0.1, 0.15) is 35.7 Å². The second-order valence-corrected chi connectivity index (χ2v) is 6.60. The zero-order chi connectivity index (χ0) is 21.2. The molecule has 5 nitrogen and oxygen atoms in total. The van der Waals surface area contributed by atoms with Gasteiger partial charge in [0.1, 0.15) is 0 Å². The van der Waals surface area contributed by atoms with Gasteiger partial charge in [0.25, 0.3) is 5.91 Å². The Morgan fingerprint density at radius 2 is 2.03 bits per heavy atom. The topological polar surface area (TPSA) is 54.8 Å². The maximum absolute atomic E-state index is 13.9. The molecule has 1 amide bonds. The summed E-state index contributed by atoms with van der Waals surface area (Å²) in [5, 5.41) is 0. The molecule has 1 fully saturated rings. The molecule has 0 saturated carbocycles. The molecule has 0 aliphatic carbocycles. The van der Waals surface area contributed by atoms with Crippen LogP contribution in [0.3, 0.4) is 0 Å². The third-order valence-corrected chi connectivity index (χ3v) is 4.78. The number of amides is 1. The van der Waals surface area contributed by atoms with E-state index < -0.39 is 29.5 Å². The number of hydrogen-bond acceptors (Lipinski definition) is 4. The first-order chi connectivity index (χ1) is 13.7. The minimum atomic E-state index is -4.47. The van der Waals surface area contributed by atoms with Gasteiger partial charge in [0.05, 0.1) is 24.3 Å². The lowest BCUT2D eigenvalue weighted by Crippen LogP contribution is -2.47. The highest BCUT2D eigenvalue weighted by molar-refractivity contribution is 6.02. The Balaban J connectivity index is 1.85. The van der Waals surface area contributed by atoms with E-state index in [1.807, 2.05) is 0 Å². The van der Waals surface area contributed by atoms with Crippen molar-refractivity contribution in [2.45, 2.75) is 32.0 Å². The first kappa shape index (κ1) is 20.8. The molecule has 0 spiro atoms. The van der Waals surface area contributed by atoms with Gasteiger partial charge >= 0.3 is 6.18 Å². The number of benzene rings is 1. The van der Waals surface area contributed by atoms with Crippen LogP contribution in [0.5, 0.6) is 5.75 Å². The second kappa shape index (κ2) is 8.18. The van der Waals surface area contributed by atoms with E-state index in [-0.39, 0.29) is 17.1 Å². The number of nitrogens with zero attached hydrogens (tertiary/aromatic N) is 3. The number of halogens is 4. The largest absolute Gasteiger partial charge is 0.493 e. The predicted octanol–water partition coefficient (Wildman–Crippen LogP) is 4.65. The van der Waals surface area contributed by atoms with Gasteiger partial charge in [-0.25, -0.2) is 14.4 Å². The molecule has 154 valence electrons. The normalized spacial score (nSPS) is 18.8. The lowest BCUT2D eigenvalue weighted by molar-refractivity contribution is -0.137. The minimum Gasteiger partial charge on any atom is -0.493 e. The number of rotatable bonds is 3. The smallest absolute Gasteiger partial charge is 0.417 e. The maximum Gasteiger partial charge on any atom is 0.417 e. The van der Waals surface area contributed by atoms with Gasteiger partial charge in [0.2, 0.25) is 0 Å². The molecule has 0 radical (unpaired) electrons. The van der Waals surface area contributed by atoms with Gasteiger partial charge in [-0.05, 0) is 44.0 Å². The van der Waals surface area contributed by atoms with E-state index in [4.69, 9.17) is 4.74 Å². The average Bonchev–Trinajstić information content (AvgIpc) is 2.68. The predicted molar refractivity (Wildman–Crippen MR) is 99.0 cm³/mol. The van der Waals surface area contributed by atoms with Crippen molar-refractivity contribution in [3.05, 3.63) is 53.5 Å². The molecule has 2 aromatic rings. The highest BCUT2D eigenvalue weighted by Gasteiger charge is 2.32. The lowest BCUT2D eigenvalue weighted by Gasteiger charge is -2.35. The number of likely N-dealkylation sites (tertiary alicyclic amines) is 1. The SMILES string of the molecule is COc1c(F)cccc1C(=O)N1CCCC(=Nc2ccc(C(F)(F)F)cn2)[C@@H]1C. The van der Waals surface area contributed by atoms with Crippen LogP contribution in [0.15, 0.2) is 41.5 Å². The molecule has 1 aliphatic rings. The van der Waals surface area contributed by atoms with Gasteiger partial charge in [-0.15, -0.1) is 0 Å². The lowest BCUT2D eigenvalue weighted by atomic mass is 9.99. The van der Waals surface area contributed by atoms with Crippen LogP contribution in [-0.2, 0) is 6.18 Å². The molecule has 29 heavy (non-hydrogen) atoms. The van der Waals surface area contributed by atoms with E-state index in [0.29, 0.717) is 25.1 Å². The summed E-state index contributed by atoms with van der Waals surface area (Å²) in [7, 11) is 1.29. The Morgan fingerprint density at radius 1 is 1.28 bits per heavy atom. The van der Waals surface area contributed by atoms with Crippen molar-refractivity contribution in [3.8, 4) is 5.75 Å². The number of hydrogen-bond donors (Lipinski definition) is 0. The number of piperidine rings is 1. The molecule has 1 aliphatic heterocycles. The van der Waals surface area contributed by atoms with Crippen molar-refractivity contribution >= 4 is 17.4 Å². The summed E-state index contributed by atoms with van der Waals surface area (Å²) in [6.07, 6.45) is -2.54. The average molecular weight is 409 g/mol. The Hall–Kier alpha value is -2.97. The quantitative estimate of drug-likeness (QED) is 0.694. The second-order valence-electron chi connectivity index (χ2n) is 6.60. The number of methoxy groups -OCH3 is 1. The van der Waals surface area contributed by atoms with Gasteiger partial charge in [-0.2, -0.15) is 13.2 Å². The molecule has 0 unspecified atom stereocenters. The third kappa shape index (κ3) is 4.38. The molecule has 2 heterocycles. The van der Waals surface area contributed by atoms with Crippen LogP contribution in [0, 0.1) is 5.82 Å². The highest BCUT2D eigenvalue weighted by Crippen LogP contribution is 2.30. The van der Waals surface area contributed by atoms with Crippen LogP contribution in [0.2, 0.25) is 0 Å². The standard InChI is InChI=1S/C20H19F4N3O2/c1-12-16(26-17-9-8-13(11-25-17)20(22,23)24)7-4-10-27(12)19(28)14-5-3-6-15(21)18(14)29-2/h3,5-6,8-9,11-12H,4,7,10H2,1-2H3/t12-/m0/s1. The summed E-state index contributed by atoms with van der Waals surface area (Å²) in [4.78, 5) is 22.6. The Morgan fingerprint density at radius 3 is 2.66 bits per heavy atom. The molecule has 1 aromatic carbocycles. The van der Waals surface area contributed by atoms with Crippen molar-refractivity contribution in [3.63, 3.8) is 0 Å². The van der Waals surface area contributed by atoms with Gasteiger partial charge in [-0.1, -0.05) is 6.07 Å². The molecular weight excluding hydrogens is 390 g/mol. The third-order valence-electron chi connectivity index (χ3n) is 4.78. The Labute approximate surface area is 165 Å². The molecule has 1 saturated heterocycles. The number of carbonyl (C=O) groups is 1. The van der Waals surface area contributed by atoms with Crippen LogP contribution >= 0.6 is 0 Å². The van der Waals surface area contributed by atoms with Gasteiger partial charge < -0.3 is 9.64 Å².